The summed E-state index contributed by atoms with van der Waals surface area (Å²) in [7, 11) is 0. The lowest BCUT2D eigenvalue weighted by Crippen LogP contribution is -2.51. The third-order valence-electron chi connectivity index (χ3n) is 8.62. The van der Waals surface area contributed by atoms with E-state index in [0.29, 0.717) is 12.1 Å². The molecular formula is C30H38N4O. The maximum Gasteiger partial charge on any atom is 0.253 e. The number of nitrogens with one attached hydrogen (secondary N) is 1. The fraction of sp³-hybridized carbons (Fsp3) is 0.500. The molecule has 1 aromatic heterocycles. The summed E-state index contributed by atoms with van der Waals surface area (Å²) in [6.07, 6.45) is 11.1. The number of fused-ring (bicyclic) bond motifs is 1. The van der Waals surface area contributed by atoms with Crippen LogP contribution in [0.25, 0.3) is 10.9 Å². The zero-order valence-electron chi connectivity index (χ0n) is 20.7. The maximum absolute atomic E-state index is 13.4. The minimum absolute atomic E-state index is 0.184. The Labute approximate surface area is 209 Å². The number of aromatic nitrogens is 1. The van der Waals surface area contributed by atoms with Gasteiger partial charge in [0, 0.05) is 60.9 Å². The Morgan fingerprint density at radius 2 is 1.71 bits per heavy atom. The van der Waals surface area contributed by atoms with Crippen molar-refractivity contribution < 1.29 is 4.79 Å². The van der Waals surface area contributed by atoms with Gasteiger partial charge in [-0.25, -0.2) is 0 Å². The van der Waals surface area contributed by atoms with Crippen molar-refractivity contribution in [3.05, 3.63) is 71.9 Å². The first-order valence-corrected chi connectivity index (χ1v) is 13.7. The quantitative estimate of drug-likeness (QED) is 0.558. The normalized spacial score (nSPS) is 22.7. The maximum atomic E-state index is 13.4. The molecule has 0 bridgehead atoms. The predicted molar refractivity (Wildman–Crippen MR) is 142 cm³/mol. The molecule has 1 saturated carbocycles. The van der Waals surface area contributed by atoms with Gasteiger partial charge in [0.25, 0.3) is 5.91 Å². The first-order chi connectivity index (χ1) is 17.3. The van der Waals surface area contributed by atoms with E-state index in [0.717, 1.165) is 56.1 Å². The van der Waals surface area contributed by atoms with Crippen LogP contribution in [0.3, 0.4) is 0 Å². The lowest BCUT2D eigenvalue weighted by atomic mass is 9.97. The number of amides is 1. The van der Waals surface area contributed by atoms with E-state index in [9.17, 15) is 4.79 Å². The van der Waals surface area contributed by atoms with Gasteiger partial charge in [-0.05, 0) is 68.5 Å². The molecule has 2 atom stereocenters. The monoisotopic (exact) mass is 470 g/mol. The smallest absolute Gasteiger partial charge is 0.253 e. The van der Waals surface area contributed by atoms with Gasteiger partial charge in [0.15, 0.2) is 0 Å². The number of nitrogens with zero attached hydrogens (tertiary/aromatic N) is 3. The van der Waals surface area contributed by atoms with Gasteiger partial charge in [-0.1, -0.05) is 43.2 Å². The molecule has 3 heterocycles. The molecule has 2 aliphatic heterocycles. The van der Waals surface area contributed by atoms with Crippen molar-refractivity contribution in [3.63, 3.8) is 0 Å². The SMILES string of the molecule is O=C(c1ccc2c(ccn2[C@@H](Cc2ccccc2)C2CCCN2)c1)N1CCN(C2CCCC2)CC1. The molecule has 5 nitrogen and oxygen atoms in total. The van der Waals surface area contributed by atoms with Crippen LogP contribution in [0.1, 0.15) is 60.5 Å². The van der Waals surface area contributed by atoms with Crippen molar-refractivity contribution >= 4 is 16.8 Å². The van der Waals surface area contributed by atoms with E-state index in [1.807, 2.05) is 6.07 Å². The fourth-order valence-corrected chi connectivity index (χ4v) is 6.66. The van der Waals surface area contributed by atoms with Crippen LogP contribution in [-0.4, -0.2) is 65.1 Å². The number of rotatable bonds is 6. The zero-order valence-corrected chi connectivity index (χ0v) is 20.7. The molecule has 3 aromatic rings. The number of hydrogen-bond acceptors (Lipinski definition) is 3. The molecule has 1 amide bonds. The summed E-state index contributed by atoms with van der Waals surface area (Å²) >= 11 is 0. The Morgan fingerprint density at radius 1 is 0.914 bits per heavy atom. The molecule has 1 unspecified atom stereocenters. The van der Waals surface area contributed by atoms with E-state index in [1.54, 1.807) is 0 Å². The standard InChI is InChI=1S/C30H38N4O/c35-30(33-19-17-32(18-20-33)26-9-4-5-10-26)25-12-13-28-24(22-25)14-16-34(28)29(27-11-6-15-31-27)21-23-7-2-1-3-8-23/h1-3,7-8,12-14,16,22,26-27,29,31H,4-6,9-11,15,17-21H2/t27?,29-/m0/s1. The van der Waals surface area contributed by atoms with Gasteiger partial charge in [0.2, 0.25) is 0 Å². The van der Waals surface area contributed by atoms with Gasteiger partial charge in [-0.15, -0.1) is 0 Å². The number of benzene rings is 2. The molecule has 2 saturated heterocycles. The van der Waals surface area contributed by atoms with Crippen molar-refractivity contribution in [2.45, 2.75) is 63.1 Å². The van der Waals surface area contributed by atoms with Crippen LogP contribution >= 0.6 is 0 Å². The van der Waals surface area contributed by atoms with E-state index < -0.39 is 0 Å². The number of hydrogen-bond donors (Lipinski definition) is 1. The van der Waals surface area contributed by atoms with Crippen LogP contribution in [0.2, 0.25) is 0 Å². The van der Waals surface area contributed by atoms with E-state index >= 15 is 0 Å². The van der Waals surface area contributed by atoms with Crippen molar-refractivity contribution in [1.29, 1.82) is 0 Å². The van der Waals surface area contributed by atoms with E-state index in [4.69, 9.17) is 0 Å². The van der Waals surface area contributed by atoms with E-state index in [1.165, 1.54) is 49.6 Å². The first kappa shape index (κ1) is 22.8. The highest BCUT2D eigenvalue weighted by molar-refractivity contribution is 5.98. The summed E-state index contributed by atoms with van der Waals surface area (Å²) in [4.78, 5) is 18.0. The second-order valence-corrected chi connectivity index (χ2v) is 10.7. The Bertz CT molecular complexity index is 1140. The molecule has 0 radical (unpaired) electrons. The van der Waals surface area contributed by atoms with Crippen LogP contribution in [0.15, 0.2) is 60.8 Å². The summed E-state index contributed by atoms with van der Waals surface area (Å²) in [5.41, 5.74) is 3.42. The minimum Gasteiger partial charge on any atom is -0.343 e. The van der Waals surface area contributed by atoms with Gasteiger partial charge in [0.1, 0.15) is 0 Å². The number of piperazine rings is 1. The Morgan fingerprint density at radius 3 is 2.46 bits per heavy atom. The highest BCUT2D eigenvalue weighted by Gasteiger charge is 2.29. The second kappa shape index (κ2) is 10.2. The summed E-state index contributed by atoms with van der Waals surface area (Å²) < 4.78 is 2.44. The molecule has 35 heavy (non-hydrogen) atoms. The molecule has 184 valence electrons. The Kier molecular flexibility index (Phi) is 6.62. The van der Waals surface area contributed by atoms with Crippen LogP contribution in [0.5, 0.6) is 0 Å². The third kappa shape index (κ3) is 4.76. The second-order valence-electron chi connectivity index (χ2n) is 10.7. The van der Waals surface area contributed by atoms with Crippen LogP contribution in [0.4, 0.5) is 0 Å². The van der Waals surface area contributed by atoms with E-state index in [-0.39, 0.29) is 5.91 Å². The third-order valence-corrected chi connectivity index (χ3v) is 8.62. The average Bonchev–Trinajstić information content (AvgIpc) is 3.70. The summed E-state index contributed by atoms with van der Waals surface area (Å²) in [6.45, 7) is 4.83. The number of carbonyl (C=O) groups is 1. The van der Waals surface area contributed by atoms with Crippen LogP contribution in [-0.2, 0) is 6.42 Å². The molecular weight excluding hydrogens is 432 g/mol. The van der Waals surface area contributed by atoms with Gasteiger partial charge in [-0.3, -0.25) is 9.69 Å². The molecule has 5 heteroatoms. The first-order valence-electron chi connectivity index (χ1n) is 13.7. The van der Waals surface area contributed by atoms with Crippen molar-refractivity contribution in [1.82, 2.24) is 19.7 Å². The van der Waals surface area contributed by atoms with Crippen LogP contribution < -0.4 is 5.32 Å². The Hall–Kier alpha value is -2.63. The number of carbonyl (C=O) groups excluding carboxylic acids is 1. The van der Waals surface area contributed by atoms with Crippen LogP contribution in [0, 0.1) is 0 Å². The van der Waals surface area contributed by atoms with Crippen molar-refractivity contribution in [2.75, 3.05) is 32.7 Å². The molecule has 3 fully saturated rings. The highest BCUT2D eigenvalue weighted by Crippen LogP contribution is 2.30. The van der Waals surface area contributed by atoms with Crippen molar-refractivity contribution in [3.8, 4) is 0 Å². The van der Waals surface area contributed by atoms with Gasteiger partial charge < -0.3 is 14.8 Å². The lowest BCUT2D eigenvalue weighted by molar-refractivity contribution is 0.0573. The topological polar surface area (TPSA) is 40.5 Å². The predicted octanol–water partition coefficient (Wildman–Crippen LogP) is 4.88. The average molecular weight is 471 g/mol. The van der Waals surface area contributed by atoms with E-state index in [2.05, 4.69) is 74.4 Å². The Balaban J connectivity index is 1.20. The minimum atomic E-state index is 0.184. The van der Waals surface area contributed by atoms with Gasteiger partial charge in [-0.2, -0.15) is 0 Å². The van der Waals surface area contributed by atoms with Crippen molar-refractivity contribution in [2.24, 2.45) is 0 Å². The molecule has 1 N–H and O–H groups in total. The largest absolute Gasteiger partial charge is 0.343 e. The molecule has 3 aliphatic rings. The van der Waals surface area contributed by atoms with Gasteiger partial charge in [0.05, 0.1) is 6.04 Å². The summed E-state index contributed by atoms with van der Waals surface area (Å²) in [6, 6.07) is 20.9. The molecule has 2 aromatic carbocycles. The fourth-order valence-electron chi connectivity index (χ4n) is 6.66. The summed E-state index contributed by atoms with van der Waals surface area (Å²) in [5.74, 6) is 0.184. The zero-order chi connectivity index (χ0) is 23.6. The molecule has 0 spiro atoms. The highest BCUT2D eigenvalue weighted by atomic mass is 16.2. The lowest BCUT2D eigenvalue weighted by Gasteiger charge is -2.38. The molecule has 6 rings (SSSR count). The van der Waals surface area contributed by atoms with Gasteiger partial charge >= 0.3 is 0 Å². The summed E-state index contributed by atoms with van der Waals surface area (Å²) in [5, 5.41) is 4.90. The molecule has 1 aliphatic carbocycles.